The van der Waals surface area contributed by atoms with Gasteiger partial charge in [-0.25, -0.2) is 0 Å². The van der Waals surface area contributed by atoms with Crippen molar-refractivity contribution < 1.29 is 4.79 Å². The highest BCUT2D eigenvalue weighted by Crippen LogP contribution is 2.04. The van der Waals surface area contributed by atoms with Crippen LogP contribution < -0.4 is 5.32 Å². The Morgan fingerprint density at radius 1 is 0.952 bits per heavy atom. The summed E-state index contributed by atoms with van der Waals surface area (Å²) in [4.78, 5) is 11.9. The molecule has 2 aromatic rings. The smallest absolute Gasteiger partial charge is 0.251 e. The van der Waals surface area contributed by atoms with E-state index in [1.54, 1.807) is 0 Å². The fraction of sp³-hybridized carbons (Fsp3) is 0.316. The van der Waals surface area contributed by atoms with Crippen molar-refractivity contribution in [3.05, 3.63) is 71.3 Å². The third-order valence-corrected chi connectivity index (χ3v) is 3.08. The third-order valence-electron chi connectivity index (χ3n) is 3.08. The van der Waals surface area contributed by atoms with Gasteiger partial charge in [-0.05, 0) is 37.5 Å². The van der Waals surface area contributed by atoms with E-state index in [4.69, 9.17) is 0 Å². The number of carbonyl (C=O) groups excluding carboxylic acids is 1. The molecule has 1 N–H and O–H groups in total. The molecule has 2 heteroatoms. The highest BCUT2D eigenvalue weighted by Gasteiger charge is 2.03. The van der Waals surface area contributed by atoms with E-state index in [0.717, 1.165) is 18.4 Å². The average Bonchev–Trinajstić information content (AvgIpc) is 2.55. The highest BCUT2D eigenvalue weighted by molar-refractivity contribution is 5.94. The van der Waals surface area contributed by atoms with E-state index in [2.05, 4.69) is 17.4 Å². The molecule has 2 rings (SSSR count). The van der Waals surface area contributed by atoms with Gasteiger partial charge in [-0.3, -0.25) is 4.79 Å². The summed E-state index contributed by atoms with van der Waals surface area (Å²) >= 11 is 0. The van der Waals surface area contributed by atoms with Gasteiger partial charge in [0.05, 0.1) is 0 Å². The van der Waals surface area contributed by atoms with Crippen LogP contribution in [0.5, 0.6) is 0 Å². The van der Waals surface area contributed by atoms with Crippen molar-refractivity contribution in [3.8, 4) is 0 Å². The van der Waals surface area contributed by atoms with Gasteiger partial charge in [-0.15, -0.1) is 0 Å². The molecule has 0 saturated carbocycles. The van der Waals surface area contributed by atoms with Crippen molar-refractivity contribution >= 4 is 5.91 Å². The summed E-state index contributed by atoms with van der Waals surface area (Å²) in [5, 5.41) is 2.95. The summed E-state index contributed by atoms with van der Waals surface area (Å²) in [6.45, 7) is 6.73. The van der Waals surface area contributed by atoms with E-state index >= 15 is 0 Å². The molecule has 0 unspecified atom stereocenters. The molecule has 0 aliphatic carbocycles. The maximum absolute atomic E-state index is 11.9. The average molecular weight is 283 g/mol. The lowest BCUT2D eigenvalue weighted by atomic mass is 10.1. The van der Waals surface area contributed by atoms with Gasteiger partial charge in [-0.2, -0.15) is 0 Å². The number of aryl methyl sites for hydroxylation is 2. The first-order valence-corrected chi connectivity index (χ1v) is 7.64. The Kier molecular flexibility index (Phi) is 7.88. The summed E-state index contributed by atoms with van der Waals surface area (Å²) in [6.07, 6.45) is 1.95. The highest BCUT2D eigenvalue weighted by atomic mass is 16.1. The molecule has 112 valence electrons. The van der Waals surface area contributed by atoms with Crippen molar-refractivity contribution in [1.82, 2.24) is 5.32 Å². The van der Waals surface area contributed by atoms with Crippen LogP contribution in [0.2, 0.25) is 0 Å². The molecular weight excluding hydrogens is 258 g/mol. The first-order chi connectivity index (χ1) is 10.3. The lowest BCUT2D eigenvalue weighted by molar-refractivity contribution is 0.0953. The Bertz CT molecular complexity index is 517. The van der Waals surface area contributed by atoms with E-state index in [1.165, 1.54) is 11.1 Å². The summed E-state index contributed by atoms with van der Waals surface area (Å²) in [6, 6.07) is 18.0. The molecule has 2 aromatic carbocycles. The van der Waals surface area contributed by atoms with E-state index in [1.807, 2.05) is 63.2 Å². The molecule has 0 aliphatic heterocycles. The molecule has 0 spiro atoms. The minimum atomic E-state index is 0.00746. The molecule has 21 heavy (non-hydrogen) atoms. The van der Waals surface area contributed by atoms with Crippen molar-refractivity contribution in [3.63, 3.8) is 0 Å². The number of amides is 1. The lowest BCUT2D eigenvalue weighted by Gasteiger charge is -2.05. The van der Waals surface area contributed by atoms with Crippen LogP contribution in [0.4, 0.5) is 0 Å². The van der Waals surface area contributed by atoms with Gasteiger partial charge >= 0.3 is 0 Å². The molecule has 0 aromatic heterocycles. The Labute approximate surface area is 128 Å². The second-order valence-corrected chi connectivity index (χ2v) is 4.71. The van der Waals surface area contributed by atoms with Crippen LogP contribution in [-0.2, 0) is 6.42 Å². The van der Waals surface area contributed by atoms with Gasteiger partial charge in [0.15, 0.2) is 0 Å². The van der Waals surface area contributed by atoms with Crippen LogP contribution in [0, 0.1) is 6.92 Å². The number of hydrogen-bond donors (Lipinski definition) is 1. The largest absolute Gasteiger partial charge is 0.352 e. The summed E-state index contributed by atoms with van der Waals surface area (Å²) in [5.41, 5.74) is 3.21. The second-order valence-electron chi connectivity index (χ2n) is 4.71. The minimum absolute atomic E-state index is 0.00746. The fourth-order valence-corrected chi connectivity index (χ4v) is 1.95. The molecule has 2 nitrogen and oxygen atoms in total. The van der Waals surface area contributed by atoms with Crippen LogP contribution in [0.15, 0.2) is 54.6 Å². The van der Waals surface area contributed by atoms with Gasteiger partial charge in [0.25, 0.3) is 5.91 Å². The Morgan fingerprint density at radius 3 is 2.19 bits per heavy atom. The number of rotatable bonds is 5. The Balaban J connectivity index is 0.00000106. The molecule has 0 aliphatic rings. The van der Waals surface area contributed by atoms with E-state index in [-0.39, 0.29) is 5.91 Å². The first-order valence-electron chi connectivity index (χ1n) is 7.64. The van der Waals surface area contributed by atoms with Crippen molar-refractivity contribution in [2.24, 2.45) is 0 Å². The fourth-order valence-electron chi connectivity index (χ4n) is 1.95. The van der Waals surface area contributed by atoms with E-state index in [0.29, 0.717) is 6.54 Å². The van der Waals surface area contributed by atoms with Gasteiger partial charge in [-0.1, -0.05) is 61.9 Å². The number of benzene rings is 2. The molecule has 0 radical (unpaired) electrons. The number of nitrogens with one attached hydrogen (secondary N) is 1. The van der Waals surface area contributed by atoms with Crippen LogP contribution in [0.3, 0.4) is 0 Å². The normalized spacial score (nSPS) is 9.48. The molecule has 1 amide bonds. The topological polar surface area (TPSA) is 29.1 Å². The SMILES string of the molecule is CC.Cc1ccc(C(=O)NCCCc2ccccc2)cc1. The quantitative estimate of drug-likeness (QED) is 0.810. The van der Waals surface area contributed by atoms with Crippen LogP contribution in [-0.4, -0.2) is 12.5 Å². The third kappa shape index (κ3) is 6.26. The monoisotopic (exact) mass is 283 g/mol. The zero-order valence-electron chi connectivity index (χ0n) is 13.2. The molecule has 0 heterocycles. The van der Waals surface area contributed by atoms with Gasteiger partial charge < -0.3 is 5.32 Å². The van der Waals surface area contributed by atoms with Crippen molar-refractivity contribution in [2.75, 3.05) is 6.54 Å². The van der Waals surface area contributed by atoms with Crippen LogP contribution in [0.25, 0.3) is 0 Å². The summed E-state index contributed by atoms with van der Waals surface area (Å²) in [5.74, 6) is 0.00746. The van der Waals surface area contributed by atoms with Crippen molar-refractivity contribution in [1.29, 1.82) is 0 Å². The second kappa shape index (κ2) is 9.76. The Hall–Kier alpha value is -2.09. The molecule has 0 saturated heterocycles. The number of carbonyl (C=O) groups is 1. The van der Waals surface area contributed by atoms with E-state index in [9.17, 15) is 4.79 Å². The maximum atomic E-state index is 11.9. The molecular formula is C19H25NO. The standard InChI is InChI=1S/C17H19NO.C2H6/c1-14-9-11-16(12-10-14)17(19)18-13-5-8-15-6-3-2-4-7-15;1-2/h2-4,6-7,9-12H,5,8,13H2,1H3,(H,18,19);1-2H3. The van der Waals surface area contributed by atoms with Crippen LogP contribution >= 0.6 is 0 Å². The van der Waals surface area contributed by atoms with Crippen LogP contribution in [0.1, 0.15) is 41.8 Å². The molecule has 0 bridgehead atoms. The zero-order chi connectivity index (χ0) is 15.5. The minimum Gasteiger partial charge on any atom is -0.352 e. The van der Waals surface area contributed by atoms with E-state index < -0.39 is 0 Å². The predicted octanol–water partition coefficient (Wildman–Crippen LogP) is 4.38. The van der Waals surface area contributed by atoms with Crippen molar-refractivity contribution in [2.45, 2.75) is 33.6 Å². The first kappa shape index (κ1) is 17.0. The number of hydrogen-bond acceptors (Lipinski definition) is 1. The van der Waals surface area contributed by atoms with Gasteiger partial charge in [0.1, 0.15) is 0 Å². The summed E-state index contributed by atoms with van der Waals surface area (Å²) in [7, 11) is 0. The Morgan fingerprint density at radius 2 is 1.57 bits per heavy atom. The molecule has 0 atom stereocenters. The lowest BCUT2D eigenvalue weighted by Crippen LogP contribution is -2.24. The zero-order valence-corrected chi connectivity index (χ0v) is 13.2. The molecule has 0 fully saturated rings. The van der Waals surface area contributed by atoms with Gasteiger partial charge in [0, 0.05) is 12.1 Å². The van der Waals surface area contributed by atoms with Gasteiger partial charge in [0.2, 0.25) is 0 Å². The summed E-state index contributed by atoms with van der Waals surface area (Å²) < 4.78 is 0. The predicted molar refractivity (Wildman–Crippen MR) is 89.6 cm³/mol. The maximum Gasteiger partial charge on any atom is 0.251 e.